The number of Topliss-reactive ketones (excluding diaryl/α,β-unsaturated/α-hetero) is 1. The van der Waals surface area contributed by atoms with Crippen LogP contribution in [0.5, 0.6) is 11.5 Å². The summed E-state index contributed by atoms with van der Waals surface area (Å²) >= 11 is 2.28. The number of aromatic nitrogens is 2. The summed E-state index contributed by atoms with van der Waals surface area (Å²) in [6, 6.07) is 13.6. The van der Waals surface area contributed by atoms with Gasteiger partial charge in [-0.2, -0.15) is 5.26 Å². The summed E-state index contributed by atoms with van der Waals surface area (Å²) in [7, 11) is 3.04. The number of amides is 1. The van der Waals surface area contributed by atoms with Crippen molar-refractivity contribution in [3.05, 3.63) is 76.3 Å². The number of anilines is 2. The maximum atomic E-state index is 13.4. The van der Waals surface area contributed by atoms with Gasteiger partial charge < -0.3 is 25.6 Å². The molecule has 5 rings (SSSR count). The van der Waals surface area contributed by atoms with Crippen LogP contribution in [-0.4, -0.2) is 52.9 Å². The number of allylic oxidation sites excluding steroid dienone is 3. The Morgan fingerprint density at radius 1 is 1.19 bits per heavy atom. The number of nitriles is 1. The summed E-state index contributed by atoms with van der Waals surface area (Å²) in [5.41, 5.74) is 8.81. The molecule has 220 valence electrons. The number of ketones is 1. The largest absolute Gasteiger partial charge is 0.493 e. The number of hydrogen-bond acceptors (Lipinski definition) is 12. The van der Waals surface area contributed by atoms with Crippen molar-refractivity contribution < 1.29 is 29.0 Å². The maximum absolute atomic E-state index is 13.4. The van der Waals surface area contributed by atoms with Gasteiger partial charge in [-0.1, -0.05) is 41.3 Å². The number of ether oxygens (including phenoxy) is 2. The second kappa shape index (κ2) is 12.6. The normalized spacial score (nSPS) is 16.4. The molecule has 0 saturated heterocycles. The number of hydrogen-bond donors (Lipinski definition) is 3. The number of methoxy groups -OCH3 is 2. The van der Waals surface area contributed by atoms with Gasteiger partial charge in [-0.05, 0) is 42.7 Å². The molecule has 1 aliphatic carbocycles. The topological polar surface area (TPSA) is 181 Å². The highest BCUT2D eigenvalue weighted by atomic mass is 32.2. The van der Waals surface area contributed by atoms with Crippen molar-refractivity contribution in [1.29, 1.82) is 5.26 Å². The van der Waals surface area contributed by atoms with Crippen molar-refractivity contribution >= 4 is 51.6 Å². The first-order chi connectivity index (χ1) is 20.8. The number of benzene rings is 2. The Bertz CT molecular complexity index is 1730. The van der Waals surface area contributed by atoms with E-state index in [0.29, 0.717) is 57.1 Å². The monoisotopic (exact) mass is 618 g/mol. The molecule has 1 aromatic heterocycles. The van der Waals surface area contributed by atoms with E-state index in [2.05, 4.69) is 21.6 Å². The molecule has 2 heterocycles. The Kier molecular flexibility index (Phi) is 8.65. The van der Waals surface area contributed by atoms with Crippen LogP contribution in [0.15, 0.2) is 69.5 Å². The zero-order valence-corrected chi connectivity index (χ0v) is 24.8. The first kappa shape index (κ1) is 29.6. The summed E-state index contributed by atoms with van der Waals surface area (Å²) in [6.45, 7) is 0. The van der Waals surface area contributed by atoms with Crippen molar-refractivity contribution in [2.75, 3.05) is 30.2 Å². The highest BCUT2D eigenvalue weighted by Crippen LogP contribution is 2.48. The molecule has 0 spiro atoms. The van der Waals surface area contributed by atoms with Crippen molar-refractivity contribution in [3.63, 3.8) is 0 Å². The lowest BCUT2D eigenvalue weighted by Gasteiger charge is -2.38. The van der Waals surface area contributed by atoms with Crippen LogP contribution in [0.1, 0.15) is 41.1 Å². The minimum atomic E-state index is -1.15. The summed E-state index contributed by atoms with van der Waals surface area (Å²) in [6.07, 6.45) is 1.49. The summed E-state index contributed by atoms with van der Waals surface area (Å²) < 4.78 is 11.3. The molecule has 1 amide bonds. The van der Waals surface area contributed by atoms with E-state index in [9.17, 15) is 24.8 Å². The van der Waals surface area contributed by atoms with Gasteiger partial charge in [0.25, 0.3) is 0 Å². The average molecular weight is 619 g/mol. The van der Waals surface area contributed by atoms with E-state index in [4.69, 9.17) is 15.2 Å². The number of nitrogens with one attached hydrogen (secondary N) is 1. The van der Waals surface area contributed by atoms with E-state index < -0.39 is 17.8 Å². The van der Waals surface area contributed by atoms with Crippen LogP contribution in [0.2, 0.25) is 0 Å². The Balaban J connectivity index is 1.43. The second-order valence-corrected chi connectivity index (χ2v) is 11.6. The molecule has 12 nitrogen and oxygen atoms in total. The van der Waals surface area contributed by atoms with Gasteiger partial charge in [0.05, 0.1) is 48.8 Å². The van der Waals surface area contributed by atoms with Crippen LogP contribution >= 0.6 is 23.1 Å². The molecule has 0 fully saturated rings. The Morgan fingerprint density at radius 3 is 2.67 bits per heavy atom. The highest BCUT2D eigenvalue weighted by molar-refractivity contribution is 8.01. The number of nitrogens with zero attached hydrogens (tertiary/aromatic N) is 4. The first-order valence-corrected chi connectivity index (χ1v) is 14.8. The number of rotatable bonds is 9. The number of thioether (sulfide) groups is 1. The van der Waals surface area contributed by atoms with Crippen molar-refractivity contribution in [2.24, 2.45) is 5.73 Å². The average Bonchev–Trinajstić information content (AvgIpc) is 3.47. The van der Waals surface area contributed by atoms with E-state index in [0.717, 1.165) is 23.1 Å². The lowest BCUT2D eigenvalue weighted by molar-refractivity contribution is -0.116. The summed E-state index contributed by atoms with van der Waals surface area (Å²) in [5, 5.41) is 31.1. The van der Waals surface area contributed by atoms with Gasteiger partial charge >= 0.3 is 5.97 Å². The number of carbonyl (C=O) groups excluding carboxylic acids is 2. The predicted molar refractivity (Wildman–Crippen MR) is 160 cm³/mol. The fourth-order valence-corrected chi connectivity index (χ4v) is 6.79. The summed E-state index contributed by atoms with van der Waals surface area (Å²) in [4.78, 5) is 39.0. The standard InChI is InChI=1S/C29H26N6O6S2/c1-40-21-11-10-15(12-22(21)41-2)24-17(13-30)26(31)35(19-8-5-9-20(36)25(19)24)28-33-34-29(43-28)42-14-23(37)32-18-7-4-3-6-16(18)27(38)39/h3-4,6-7,10-12,24H,5,8-9,14,31H2,1-2H3,(H,32,37)(H,38,39). The minimum absolute atomic E-state index is 0.0165. The van der Waals surface area contributed by atoms with Crippen LogP contribution in [0, 0.1) is 11.3 Å². The zero-order valence-electron chi connectivity index (χ0n) is 23.1. The Labute approximate surface area is 254 Å². The molecule has 0 bridgehead atoms. The van der Waals surface area contributed by atoms with Gasteiger partial charge in [0, 0.05) is 17.7 Å². The number of aromatic carboxylic acids is 1. The molecule has 2 aromatic carbocycles. The smallest absolute Gasteiger partial charge is 0.337 e. The number of carboxylic acids is 1. The van der Waals surface area contributed by atoms with Crippen molar-refractivity contribution in [2.45, 2.75) is 29.5 Å². The lowest BCUT2D eigenvalue weighted by Crippen LogP contribution is -2.38. The van der Waals surface area contributed by atoms with E-state index >= 15 is 0 Å². The highest BCUT2D eigenvalue weighted by Gasteiger charge is 2.41. The third kappa shape index (κ3) is 5.77. The quantitative estimate of drug-likeness (QED) is 0.290. The zero-order chi connectivity index (χ0) is 30.7. The molecule has 2 aliphatic rings. The molecule has 0 saturated carbocycles. The number of carboxylic acid groups (broad SMARTS) is 1. The molecule has 3 aromatic rings. The molecule has 0 radical (unpaired) electrons. The molecule has 14 heteroatoms. The SMILES string of the molecule is COc1ccc(C2C(C#N)=C(N)N(c3nnc(SCC(=O)Nc4ccccc4C(=O)O)s3)C3=C2C(=O)CCC3)cc1OC. The van der Waals surface area contributed by atoms with Gasteiger partial charge in [-0.25, -0.2) is 4.79 Å². The number of nitrogens with two attached hydrogens (primary N) is 1. The predicted octanol–water partition coefficient (Wildman–Crippen LogP) is 4.29. The van der Waals surface area contributed by atoms with Crippen molar-refractivity contribution in [3.8, 4) is 17.6 Å². The number of carbonyl (C=O) groups is 3. The van der Waals surface area contributed by atoms with Crippen LogP contribution < -0.4 is 25.4 Å². The van der Waals surface area contributed by atoms with Gasteiger partial charge in [0.15, 0.2) is 21.6 Å². The van der Waals surface area contributed by atoms with Crippen LogP contribution in [0.4, 0.5) is 10.8 Å². The number of para-hydroxylation sites is 1. The van der Waals surface area contributed by atoms with E-state index in [-0.39, 0.29) is 34.2 Å². The second-order valence-electron chi connectivity index (χ2n) is 9.47. The lowest BCUT2D eigenvalue weighted by atomic mass is 9.75. The Morgan fingerprint density at radius 2 is 1.95 bits per heavy atom. The molecule has 1 aliphatic heterocycles. The first-order valence-electron chi connectivity index (χ1n) is 13.0. The molecular weight excluding hydrogens is 592 g/mol. The van der Waals surface area contributed by atoms with Gasteiger partial charge in [-0.15, -0.1) is 10.2 Å². The minimum Gasteiger partial charge on any atom is -0.493 e. The third-order valence-corrected chi connectivity index (χ3v) is 9.04. The Hall–Kier alpha value is -4.87. The van der Waals surface area contributed by atoms with E-state index in [1.807, 2.05) is 0 Å². The van der Waals surface area contributed by atoms with Gasteiger partial charge in [0.2, 0.25) is 11.0 Å². The van der Waals surface area contributed by atoms with Crippen LogP contribution in [0.25, 0.3) is 0 Å². The molecule has 1 unspecified atom stereocenters. The van der Waals surface area contributed by atoms with Crippen LogP contribution in [0.3, 0.4) is 0 Å². The van der Waals surface area contributed by atoms with E-state index in [1.54, 1.807) is 35.2 Å². The fourth-order valence-electron chi connectivity index (χ4n) is 5.11. The van der Waals surface area contributed by atoms with E-state index in [1.165, 1.54) is 26.4 Å². The van der Waals surface area contributed by atoms with Gasteiger partial charge in [-0.3, -0.25) is 14.5 Å². The summed E-state index contributed by atoms with van der Waals surface area (Å²) in [5.74, 6) is -1.26. The molecule has 4 N–H and O–H groups in total. The van der Waals surface area contributed by atoms with Crippen molar-refractivity contribution in [1.82, 2.24) is 10.2 Å². The molecule has 43 heavy (non-hydrogen) atoms. The van der Waals surface area contributed by atoms with Crippen LogP contribution in [-0.2, 0) is 9.59 Å². The fraction of sp³-hybridized carbons (Fsp3) is 0.241. The molecule has 1 atom stereocenters. The third-order valence-electron chi connectivity index (χ3n) is 7.00. The maximum Gasteiger partial charge on any atom is 0.337 e. The molecular formula is C29H26N6O6S2. The van der Waals surface area contributed by atoms with Gasteiger partial charge in [0.1, 0.15) is 5.82 Å².